The van der Waals surface area contributed by atoms with Crippen molar-refractivity contribution in [1.29, 1.82) is 0 Å². The molecule has 0 radical (unpaired) electrons. The Morgan fingerprint density at radius 1 is 1.32 bits per heavy atom. The van der Waals surface area contributed by atoms with Gasteiger partial charge in [-0.3, -0.25) is 14.0 Å². The van der Waals surface area contributed by atoms with Crippen molar-refractivity contribution < 1.29 is 9.63 Å². The summed E-state index contributed by atoms with van der Waals surface area (Å²) in [5.41, 5.74) is 1.93. The first-order chi connectivity index (χ1) is 12.3. The molecule has 0 aromatic carbocycles. The fourth-order valence-corrected chi connectivity index (χ4v) is 3.11. The lowest BCUT2D eigenvalue weighted by Gasteiger charge is -2.25. The van der Waals surface area contributed by atoms with E-state index in [9.17, 15) is 4.79 Å². The molecule has 1 aliphatic rings. The average Bonchev–Trinajstić information content (AvgIpc) is 3.27. The second-order valence-electron chi connectivity index (χ2n) is 6.18. The van der Waals surface area contributed by atoms with Crippen molar-refractivity contribution in [3.8, 4) is 11.5 Å². The quantitative estimate of drug-likeness (QED) is 0.733. The van der Waals surface area contributed by atoms with Crippen LogP contribution in [0.5, 0.6) is 0 Å². The van der Waals surface area contributed by atoms with Crippen molar-refractivity contribution in [2.24, 2.45) is 0 Å². The van der Waals surface area contributed by atoms with Crippen molar-refractivity contribution in [1.82, 2.24) is 24.0 Å². The van der Waals surface area contributed by atoms with Gasteiger partial charge in [0.2, 0.25) is 0 Å². The summed E-state index contributed by atoms with van der Waals surface area (Å²) in [5, 5.41) is 1.43. The van der Waals surface area contributed by atoms with Crippen molar-refractivity contribution in [2.75, 3.05) is 13.2 Å². The minimum Gasteiger partial charge on any atom is -0.337 e. The number of aromatic nitrogens is 4. The molecule has 7 heteroatoms. The SMILES string of the molecule is CCCn1cnc(-c2nc(C(=O)N3CCCCO3)c3ccccn23)c1. The summed E-state index contributed by atoms with van der Waals surface area (Å²) in [6, 6.07) is 5.73. The molecular weight excluding hydrogens is 318 g/mol. The summed E-state index contributed by atoms with van der Waals surface area (Å²) in [7, 11) is 0. The zero-order valence-electron chi connectivity index (χ0n) is 14.3. The molecule has 3 aromatic heterocycles. The molecule has 25 heavy (non-hydrogen) atoms. The first-order valence-electron chi connectivity index (χ1n) is 8.72. The van der Waals surface area contributed by atoms with Gasteiger partial charge in [0.1, 0.15) is 5.69 Å². The van der Waals surface area contributed by atoms with Crippen LogP contribution in [0.2, 0.25) is 0 Å². The lowest BCUT2D eigenvalue weighted by atomic mass is 10.2. The lowest BCUT2D eigenvalue weighted by Crippen LogP contribution is -2.36. The summed E-state index contributed by atoms with van der Waals surface area (Å²) in [4.78, 5) is 27.5. The molecule has 0 spiro atoms. The fraction of sp³-hybridized carbons (Fsp3) is 0.389. The topological polar surface area (TPSA) is 64.7 Å². The number of hydroxylamine groups is 2. The fourth-order valence-electron chi connectivity index (χ4n) is 3.11. The Bertz CT molecular complexity index is 892. The summed E-state index contributed by atoms with van der Waals surface area (Å²) in [6.07, 6.45) is 8.65. The standard InChI is InChI=1S/C18H21N5O2/c1-2-8-21-12-14(19-13-21)17-20-16(15-7-3-4-9-22(15)17)18(24)23-10-5-6-11-25-23/h3-4,7,9,12-13H,2,5-6,8,10-11H2,1H3. The number of pyridine rings is 1. The highest BCUT2D eigenvalue weighted by Crippen LogP contribution is 2.23. The number of rotatable bonds is 4. The van der Waals surface area contributed by atoms with E-state index in [0.717, 1.165) is 37.0 Å². The second kappa shape index (κ2) is 6.68. The summed E-state index contributed by atoms with van der Waals surface area (Å²) >= 11 is 0. The van der Waals surface area contributed by atoms with E-state index < -0.39 is 0 Å². The maximum absolute atomic E-state index is 12.9. The molecule has 0 N–H and O–H groups in total. The minimum atomic E-state index is -0.192. The van der Waals surface area contributed by atoms with Gasteiger partial charge in [0.05, 0.1) is 18.5 Å². The summed E-state index contributed by atoms with van der Waals surface area (Å²) in [6.45, 7) is 4.21. The molecule has 1 aliphatic heterocycles. The number of nitrogens with zero attached hydrogens (tertiary/aromatic N) is 5. The number of aryl methyl sites for hydroxylation is 1. The predicted octanol–water partition coefficient (Wildman–Crippen LogP) is 2.78. The third kappa shape index (κ3) is 2.91. The minimum absolute atomic E-state index is 0.192. The molecule has 7 nitrogen and oxygen atoms in total. The van der Waals surface area contributed by atoms with Crippen LogP contribution in [0.1, 0.15) is 36.7 Å². The number of imidazole rings is 2. The number of hydrogen-bond donors (Lipinski definition) is 0. The van der Waals surface area contributed by atoms with Gasteiger partial charge in [-0.15, -0.1) is 0 Å². The predicted molar refractivity (Wildman–Crippen MR) is 92.9 cm³/mol. The van der Waals surface area contributed by atoms with Gasteiger partial charge in [-0.1, -0.05) is 13.0 Å². The van der Waals surface area contributed by atoms with Gasteiger partial charge in [0.25, 0.3) is 5.91 Å². The van der Waals surface area contributed by atoms with Crippen LogP contribution in [-0.4, -0.2) is 43.1 Å². The Kier molecular flexibility index (Phi) is 4.23. The van der Waals surface area contributed by atoms with Crippen LogP contribution in [-0.2, 0) is 11.4 Å². The number of hydrogen-bond acceptors (Lipinski definition) is 4. The van der Waals surface area contributed by atoms with E-state index in [-0.39, 0.29) is 5.91 Å². The Balaban J connectivity index is 1.76. The molecule has 0 bridgehead atoms. The van der Waals surface area contributed by atoms with Crippen molar-refractivity contribution in [3.63, 3.8) is 0 Å². The molecule has 0 atom stereocenters. The molecule has 4 heterocycles. The maximum Gasteiger partial charge on any atom is 0.298 e. The highest BCUT2D eigenvalue weighted by Gasteiger charge is 2.26. The Labute approximate surface area is 145 Å². The largest absolute Gasteiger partial charge is 0.337 e. The van der Waals surface area contributed by atoms with Crippen molar-refractivity contribution >= 4 is 11.4 Å². The third-order valence-electron chi connectivity index (χ3n) is 4.32. The van der Waals surface area contributed by atoms with Crippen LogP contribution in [0.4, 0.5) is 0 Å². The van der Waals surface area contributed by atoms with E-state index in [1.54, 1.807) is 6.33 Å². The number of amides is 1. The van der Waals surface area contributed by atoms with Gasteiger partial charge in [-0.05, 0) is 31.4 Å². The van der Waals surface area contributed by atoms with Gasteiger partial charge >= 0.3 is 0 Å². The van der Waals surface area contributed by atoms with Gasteiger partial charge in [-0.2, -0.15) is 0 Å². The second-order valence-corrected chi connectivity index (χ2v) is 6.18. The number of carbonyl (C=O) groups excluding carboxylic acids is 1. The first kappa shape index (κ1) is 15.8. The van der Waals surface area contributed by atoms with Gasteiger partial charge in [-0.25, -0.2) is 15.0 Å². The van der Waals surface area contributed by atoms with Crippen LogP contribution in [0, 0.1) is 0 Å². The third-order valence-corrected chi connectivity index (χ3v) is 4.32. The van der Waals surface area contributed by atoms with E-state index in [4.69, 9.17) is 4.84 Å². The van der Waals surface area contributed by atoms with E-state index in [0.29, 0.717) is 24.7 Å². The monoisotopic (exact) mass is 339 g/mol. The Morgan fingerprint density at radius 3 is 3.04 bits per heavy atom. The number of carbonyl (C=O) groups is 1. The van der Waals surface area contributed by atoms with Crippen molar-refractivity contribution in [2.45, 2.75) is 32.7 Å². The molecule has 130 valence electrons. The molecule has 1 saturated heterocycles. The van der Waals surface area contributed by atoms with Crippen LogP contribution in [0.25, 0.3) is 17.0 Å². The maximum atomic E-state index is 12.9. The van der Waals surface area contributed by atoms with E-state index >= 15 is 0 Å². The number of fused-ring (bicyclic) bond motifs is 1. The van der Waals surface area contributed by atoms with Gasteiger partial charge < -0.3 is 4.57 Å². The normalized spacial score (nSPS) is 15.0. The van der Waals surface area contributed by atoms with E-state index in [1.807, 2.05) is 39.6 Å². The molecule has 4 rings (SSSR count). The molecule has 0 aliphatic carbocycles. The van der Waals surface area contributed by atoms with E-state index in [1.165, 1.54) is 5.06 Å². The smallest absolute Gasteiger partial charge is 0.298 e. The molecule has 0 saturated carbocycles. The molecule has 1 fully saturated rings. The zero-order valence-corrected chi connectivity index (χ0v) is 14.3. The lowest BCUT2D eigenvalue weighted by molar-refractivity contribution is -0.144. The molecule has 3 aromatic rings. The zero-order chi connectivity index (χ0) is 17.2. The van der Waals surface area contributed by atoms with Gasteiger partial charge in [0.15, 0.2) is 11.5 Å². The summed E-state index contributed by atoms with van der Waals surface area (Å²) < 4.78 is 3.95. The molecule has 0 unspecified atom stereocenters. The Morgan fingerprint density at radius 2 is 2.24 bits per heavy atom. The Hall–Kier alpha value is -2.67. The summed E-state index contributed by atoms with van der Waals surface area (Å²) in [5.74, 6) is 0.480. The van der Waals surface area contributed by atoms with Crippen molar-refractivity contribution in [3.05, 3.63) is 42.6 Å². The van der Waals surface area contributed by atoms with E-state index in [2.05, 4.69) is 16.9 Å². The molecular formula is C18H21N5O2. The van der Waals surface area contributed by atoms with Crippen LogP contribution < -0.4 is 0 Å². The highest BCUT2D eigenvalue weighted by atomic mass is 16.7. The van der Waals surface area contributed by atoms with Crippen LogP contribution in [0.15, 0.2) is 36.9 Å². The first-order valence-corrected chi connectivity index (χ1v) is 8.72. The molecule has 1 amide bonds. The van der Waals surface area contributed by atoms with Gasteiger partial charge in [0, 0.05) is 25.5 Å². The van der Waals surface area contributed by atoms with Crippen LogP contribution >= 0.6 is 0 Å². The average molecular weight is 339 g/mol. The highest BCUT2D eigenvalue weighted by molar-refractivity contribution is 5.99. The van der Waals surface area contributed by atoms with Crippen LogP contribution in [0.3, 0.4) is 0 Å².